The van der Waals surface area contributed by atoms with Crippen molar-refractivity contribution in [3.05, 3.63) is 11.1 Å². The second-order valence-electron chi connectivity index (χ2n) is 12.0. The SMILES string of the molecule is Cc1c(OCOC(C)(C)C)sc(N)c1C(=O)N1CCC(N2CCCC3(C2)CC(C)(C)OC3=O)CC1. The molecular weight excluding hydrogens is 466 g/mol. The number of cyclic esters (lactones) is 1. The van der Waals surface area contributed by atoms with Gasteiger partial charge >= 0.3 is 5.97 Å². The number of rotatable bonds is 5. The number of nitrogens with two attached hydrogens (primary N) is 1. The van der Waals surface area contributed by atoms with Crippen LogP contribution in [0, 0.1) is 12.3 Å². The van der Waals surface area contributed by atoms with Gasteiger partial charge in [0.25, 0.3) is 5.91 Å². The van der Waals surface area contributed by atoms with Crippen molar-refractivity contribution in [3.8, 4) is 5.06 Å². The summed E-state index contributed by atoms with van der Waals surface area (Å²) in [6.07, 6.45) is 4.49. The Labute approximate surface area is 213 Å². The first-order chi connectivity index (χ1) is 16.3. The van der Waals surface area contributed by atoms with E-state index >= 15 is 0 Å². The van der Waals surface area contributed by atoms with Crippen LogP contribution >= 0.6 is 11.3 Å². The molecule has 1 atom stereocenters. The monoisotopic (exact) mass is 507 g/mol. The molecule has 1 spiro atoms. The van der Waals surface area contributed by atoms with E-state index in [1.165, 1.54) is 11.3 Å². The first kappa shape index (κ1) is 26.2. The molecule has 4 rings (SSSR count). The van der Waals surface area contributed by atoms with Gasteiger partial charge in [-0.1, -0.05) is 11.3 Å². The topological polar surface area (TPSA) is 94.3 Å². The van der Waals surface area contributed by atoms with E-state index in [2.05, 4.69) is 4.90 Å². The minimum absolute atomic E-state index is 0.0301. The Hall–Kier alpha value is -1.84. The number of esters is 1. The van der Waals surface area contributed by atoms with Gasteiger partial charge in [-0.15, -0.1) is 0 Å². The number of likely N-dealkylation sites (tertiary alicyclic amines) is 2. The van der Waals surface area contributed by atoms with Crippen LogP contribution in [0.15, 0.2) is 0 Å². The first-order valence-electron chi connectivity index (χ1n) is 12.7. The molecule has 0 aliphatic carbocycles. The summed E-state index contributed by atoms with van der Waals surface area (Å²) >= 11 is 1.29. The Bertz CT molecular complexity index is 961. The Morgan fingerprint density at radius 2 is 1.91 bits per heavy atom. The van der Waals surface area contributed by atoms with Gasteiger partial charge in [0.15, 0.2) is 11.9 Å². The fourth-order valence-corrected chi connectivity index (χ4v) is 6.75. The Balaban J connectivity index is 1.35. The third-order valence-electron chi connectivity index (χ3n) is 7.47. The number of ether oxygens (including phenoxy) is 3. The van der Waals surface area contributed by atoms with Gasteiger partial charge in [-0.3, -0.25) is 14.5 Å². The van der Waals surface area contributed by atoms with Crippen LogP contribution in [0.2, 0.25) is 0 Å². The van der Waals surface area contributed by atoms with E-state index < -0.39 is 0 Å². The van der Waals surface area contributed by atoms with Crippen molar-refractivity contribution in [2.24, 2.45) is 5.41 Å². The summed E-state index contributed by atoms with van der Waals surface area (Å²) in [5.74, 6) is -0.0633. The highest BCUT2D eigenvalue weighted by Crippen LogP contribution is 2.47. The summed E-state index contributed by atoms with van der Waals surface area (Å²) in [5.41, 5.74) is 6.52. The summed E-state index contributed by atoms with van der Waals surface area (Å²) in [6.45, 7) is 15.0. The summed E-state index contributed by atoms with van der Waals surface area (Å²) in [6, 6.07) is 0.377. The quantitative estimate of drug-likeness (QED) is 0.471. The van der Waals surface area contributed by atoms with E-state index in [0.29, 0.717) is 34.8 Å². The van der Waals surface area contributed by atoms with Gasteiger partial charge in [0.1, 0.15) is 10.6 Å². The molecule has 8 nitrogen and oxygen atoms in total. The zero-order valence-electron chi connectivity index (χ0n) is 22.1. The molecule has 3 saturated heterocycles. The number of hydrogen-bond donors (Lipinski definition) is 1. The van der Waals surface area contributed by atoms with Crippen LogP contribution < -0.4 is 10.5 Å². The molecule has 0 aromatic carbocycles. The van der Waals surface area contributed by atoms with Crippen LogP contribution in [-0.2, 0) is 14.3 Å². The van der Waals surface area contributed by atoms with Crippen LogP contribution in [0.5, 0.6) is 5.06 Å². The lowest BCUT2D eigenvalue weighted by atomic mass is 9.74. The Morgan fingerprint density at radius 3 is 2.51 bits per heavy atom. The Kier molecular flexibility index (Phi) is 7.16. The minimum Gasteiger partial charge on any atom is -0.459 e. The summed E-state index contributed by atoms with van der Waals surface area (Å²) in [7, 11) is 0. The van der Waals surface area contributed by atoms with E-state index in [4.69, 9.17) is 19.9 Å². The first-order valence-corrected chi connectivity index (χ1v) is 13.5. The minimum atomic E-state index is -0.379. The highest BCUT2D eigenvalue weighted by Gasteiger charge is 2.54. The molecular formula is C26H41N3O5S. The van der Waals surface area contributed by atoms with Crippen molar-refractivity contribution in [1.29, 1.82) is 0 Å². The van der Waals surface area contributed by atoms with Crippen molar-refractivity contribution >= 4 is 28.2 Å². The molecule has 9 heteroatoms. The highest BCUT2D eigenvalue weighted by atomic mass is 32.1. The molecule has 35 heavy (non-hydrogen) atoms. The highest BCUT2D eigenvalue weighted by molar-refractivity contribution is 7.18. The van der Waals surface area contributed by atoms with Crippen LogP contribution in [0.25, 0.3) is 0 Å². The summed E-state index contributed by atoms with van der Waals surface area (Å²) < 4.78 is 17.1. The molecule has 0 radical (unpaired) electrons. The maximum Gasteiger partial charge on any atom is 0.314 e. The molecule has 0 saturated carbocycles. The van der Waals surface area contributed by atoms with Gasteiger partial charge in [-0.2, -0.15) is 0 Å². The van der Waals surface area contributed by atoms with E-state index in [9.17, 15) is 9.59 Å². The van der Waals surface area contributed by atoms with Gasteiger partial charge < -0.3 is 24.8 Å². The number of thiophene rings is 1. The summed E-state index contributed by atoms with van der Waals surface area (Å²) in [4.78, 5) is 30.5. The third kappa shape index (κ3) is 5.62. The predicted octanol–water partition coefficient (Wildman–Crippen LogP) is 4.20. The van der Waals surface area contributed by atoms with E-state index in [-0.39, 0.29) is 35.3 Å². The van der Waals surface area contributed by atoms with Gasteiger partial charge in [-0.25, -0.2) is 0 Å². The maximum atomic E-state index is 13.4. The van der Waals surface area contributed by atoms with Crippen molar-refractivity contribution in [2.75, 3.05) is 38.7 Å². The predicted molar refractivity (Wildman–Crippen MR) is 137 cm³/mol. The number of amides is 1. The molecule has 1 amide bonds. The van der Waals surface area contributed by atoms with Crippen LogP contribution in [0.1, 0.15) is 82.6 Å². The normalized spacial score (nSPS) is 25.8. The van der Waals surface area contributed by atoms with Gasteiger partial charge in [-0.05, 0) is 73.8 Å². The number of nitrogens with zero attached hydrogens (tertiary/aromatic N) is 2. The molecule has 2 N–H and O–H groups in total. The lowest BCUT2D eigenvalue weighted by Crippen LogP contribution is -2.53. The second-order valence-corrected chi connectivity index (χ2v) is 13.0. The number of piperidine rings is 2. The number of carbonyl (C=O) groups excluding carboxylic acids is 2. The molecule has 3 aliphatic rings. The number of hydrogen-bond acceptors (Lipinski definition) is 8. The smallest absolute Gasteiger partial charge is 0.314 e. The fraction of sp³-hybridized carbons (Fsp3) is 0.769. The van der Waals surface area contributed by atoms with Crippen molar-refractivity contribution < 1.29 is 23.8 Å². The van der Waals surface area contributed by atoms with Gasteiger partial charge in [0, 0.05) is 37.7 Å². The van der Waals surface area contributed by atoms with Crippen molar-refractivity contribution in [2.45, 2.75) is 90.9 Å². The van der Waals surface area contributed by atoms with Crippen LogP contribution in [0.4, 0.5) is 5.00 Å². The molecule has 1 aromatic heterocycles. The van der Waals surface area contributed by atoms with Crippen molar-refractivity contribution in [1.82, 2.24) is 9.80 Å². The van der Waals surface area contributed by atoms with Crippen LogP contribution in [-0.4, -0.2) is 71.9 Å². The second kappa shape index (κ2) is 9.56. The lowest BCUT2D eigenvalue weighted by Gasteiger charge is -2.44. The zero-order valence-corrected chi connectivity index (χ0v) is 22.9. The zero-order chi connectivity index (χ0) is 25.6. The largest absolute Gasteiger partial charge is 0.459 e. The molecule has 196 valence electrons. The molecule has 3 fully saturated rings. The average Bonchev–Trinajstić information content (AvgIpc) is 3.16. The van der Waals surface area contributed by atoms with E-state index in [1.807, 2.05) is 46.4 Å². The molecule has 1 aromatic rings. The van der Waals surface area contributed by atoms with Gasteiger partial charge in [0.05, 0.1) is 16.6 Å². The van der Waals surface area contributed by atoms with Crippen LogP contribution in [0.3, 0.4) is 0 Å². The number of carbonyl (C=O) groups is 2. The molecule has 4 heterocycles. The van der Waals surface area contributed by atoms with Gasteiger partial charge in [0.2, 0.25) is 0 Å². The molecule has 3 aliphatic heterocycles. The molecule has 0 bridgehead atoms. The number of anilines is 1. The third-order valence-corrected chi connectivity index (χ3v) is 8.50. The Morgan fingerprint density at radius 1 is 1.23 bits per heavy atom. The van der Waals surface area contributed by atoms with Crippen molar-refractivity contribution in [3.63, 3.8) is 0 Å². The van der Waals surface area contributed by atoms with E-state index in [0.717, 1.165) is 50.8 Å². The summed E-state index contributed by atoms with van der Waals surface area (Å²) in [5, 5.41) is 1.12. The molecule has 1 unspecified atom stereocenters. The maximum absolute atomic E-state index is 13.4. The standard InChI is InChI=1S/C26H41N3O5S/c1-17-19(20(27)35-22(17)32-16-33-24(2,3)4)21(30)28-12-8-18(9-13-28)29-11-7-10-26(15-29)14-25(5,6)34-23(26)31/h18H,7-16,27H2,1-6H3. The lowest BCUT2D eigenvalue weighted by molar-refractivity contribution is -0.154. The van der Waals surface area contributed by atoms with E-state index in [1.54, 1.807) is 0 Å². The fourth-order valence-electron chi connectivity index (χ4n) is 5.84. The average molecular weight is 508 g/mol. The number of nitrogen functional groups attached to an aromatic ring is 1.